The molecule has 1 aliphatic rings. The summed E-state index contributed by atoms with van der Waals surface area (Å²) in [6.45, 7) is 3.52. The van der Waals surface area contributed by atoms with Gasteiger partial charge in [-0.1, -0.05) is 12.1 Å². The lowest BCUT2D eigenvalue weighted by Crippen LogP contribution is -2.40. The minimum absolute atomic E-state index is 0.153. The van der Waals surface area contributed by atoms with E-state index in [0.29, 0.717) is 38.7 Å². The van der Waals surface area contributed by atoms with Crippen molar-refractivity contribution in [3.05, 3.63) is 35.6 Å². The van der Waals surface area contributed by atoms with Gasteiger partial charge >= 0.3 is 6.18 Å². The van der Waals surface area contributed by atoms with Gasteiger partial charge in [-0.05, 0) is 43.5 Å². The molecule has 8 heteroatoms. The summed E-state index contributed by atoms with van der Waals surface area (Å²) in [5, 5.41) is 6.26. The number of hydrogen-bond donors (Lipinski definition) is 2. The van der Waals surface area contributed by atoms with Crippen LogP contribution in [-0.4, -0.2) is 49.8 Å². The number of alkyl halides is 3. The van der Waals surface area contributed by atoms with Crippen LogP contribution in [0.5, 0.6) is 0 Å². The lowest BCUT2D eigenvalue weighted by Gasteiger charge is -2.18. The lowest BCUT2D eigenvalue weighted by atomic mass is 10.1. The molecule has 1 aliphatic heterocycles. The normalized spacial score (nSPS) is 19.2. The molecule has 0 saturated carbocycles. The van der Waals surface area contributed by atoms with E-state index in [-0.39, 0.29) is 11.7 Å². The first-order valence-corrected chi connectivity index (χ1v) is 8.41. The maximum Gasteiger partial charge on any atom is 0.401 e. The molecular formula is C17H24F4N4. The van der Waals surface area contributed by atoms with Crippen LogP contribution in [-0.2, 0) is 6.54 Å². The van der Waals surface area contributed by atoms with Gasteiger partial charge in [0, 0.05) is 19.6 Å². The van der Waals surface area contributed by atoms with Gasteiger partial charge in [0.15, 0.2) is 5.96 Å². The second kappa shape index (κ2) is 9.03. The first-order valence-electron chi connectivity index (χ1n) is 8.41. The largest absolute Gasteiger partial charge is 0.401 e. The number of hydrogen-bond acceptors (Lipinski definition) is 2. The Hall–Kier alpha value is -1.83. The second-order valence-electron chi connectivity index (χ2n) is 6.21. The van der Waals surface area contributed by atoms with E-state index in [2.05, 4.69) is 15.6 Å². The Kier molecular flexibility index (Phi) is 7.04. The van der Waals surface area contributed by atoms with Crippen LogP contribution in [0.1, 0.15) is 18.9 Å². The van der Waals surface area contributed by atoms with Gasteiger partial charge in [0.1, 0.15) is 5.82 Å². The molecule has 0 amide bonds. The maximum absolute atomic E-state index is 13.2. The number of aliphatic imine (C=N–C) groups is 1. The van der Waals surface area contributed by atoms with Gasteiger partial charge in [0.2, 0.25) is 0 Å². The number of benzene rings is 1. The monoisotopic (exact) mass is 360 g/mol. The van der Waals surface area contributed by atoms with E-state index in [1.54, 1.807) is 12.1 Å². The minimum Gasteiger partial charge on any atom is -0.357 e. The van der Waals surface area contributed by atoms with E-state index in [1.807, 2.05) is 6.92 Å². The van der Waals surface area contributed by atoms with Crippen molar-refractivity contribution in [3.8, 4) is 0 Å². The third-order valence-corrected chi connectivity index (χ3v) is 3.98. The number of guanidine groups is 1. The van der Waals surface area contributed by atoms with Crippen molar-refractivity contribution in [3.63, 3.8) is 0 Å². The van der Waals surface area contributed by atoms with E-state index in [1.165, 1.54) is 17.0 Å². The molecule has 1 aromatic carbocycles. The summed E-state index contributed by atoms with van der Waals surface area (Å²) in [6.07, 6.45) is -3.42. The molecule has 0 radical (unpaired) electrons. The molecule has 25 heavy (non-hydrogen) atoms. The molecule has 2 rings (SSSR count). The van der Waals surface area contributed by atoms with Gasteiger partial charge < -0.3 is 10.6 Å². The Morgan fingerprint density at radius 1 is 1.32 bits per heavy atom. The van der Waals surface area contributed by atoms with Gasteiger partial charge in [-0.3, -0.25) is 4.90 Å². The Morgan fingerprint density at radius 3 is 2.80 bits per heavy atom. The van der Waals surface area contributed by atoms with Crippen LogP contribution in [0.15, 0.2) is 29.3 Å². The molecule has 2 N–H and O–H groups in total. The highest BCUT2D eigenvalue weighted by Crippen LogP contribution is 2.22. The van der Waals surface area contributed by atoms with Crippen molar-refractivity contribution in [2.24, 2.45) is 10.9 Å². The summed E-state index contributed by atoms with van der Waals surface area (Å²) in [4.78, 5) is 5.83. The third kappa shape index (κ3) is 7.29. The van der Waals surface area contributed by atoms with Crippen LogP contribution in [0.3, 0.4) is 0 Å². The summed E-state index contributed by atoms with van der Waals surface area (Å²) >= 11 is 0. The highest BCUT2D eigenvalue weighted by Gasteiger charge is 2.34. The van der Waals surface area contributed by atoms with Crippen LogP contribution in [0.2, 0.25) is 0 Å². The van der Waals surface area contributed by atoms with Gasteiger partial charge in [0.25, 0.3) is 0 Å². The molecule has 1 heterocycles. The zero-order chi connectivity index (χ0) is 18.3. The summed E-state index contributed by atoms with van der Waals surface area (Å²) in [5.74, 6) is 0.433. The van der Waals surface area contributed by atoms with Crippen molar-refractivity contribution >= 4 is 5.96 Å². The Labute approximate surface area is 145 Å². The fourth-order valence-corrected chi connectivity index (χ4v) is 2.87. The predicted molar refractivity (Wildman–Crippen MR) is 89.8 cm³/mol. The van der Waals surface area contributed by atoms with Gasteiger partial charge in [-0.15, -0.1) is 0 Å². The zero-order valence-corrected chi connectivity index (χ0v) is 14.2. The van der Waals surface area contributed by atoms with E-state index in [9.17, 15) is 17.6 Å². The Balaban J connectivity index is 1.82. The number of likely N-dealkylation sites (tertiary alicyclic amines) is 1. The van der Waals surface area contributed by atoms with E-state index in [0.717, 1.165) is 12.0 Å². The molecule has 1 unspecified atom stereocenters. The molecule has 140 valence electrons. The first-order chi connectivity index (χ1) is 11.9. The number of halogens is 4. The van der Waals surface area contributed by atoms with Crippen LogP contribution in [0, 0.1) is 11.7 Å². The zero-order valence-electron chi connectivity index (χ0n) is 14.2. The van der Waals surface area contributed by atoms with Crippen molar-refractivity contribution in [1.82, 2.24) is 15.5 Å². The lowest BCUT2D eigenvalue weighted by molar-refractivity contribution is -0.143. The fraction of sp³-hybridized carbons (Fsp3) is 0.588. The summed E-state index contributed by atoms with van der Waals surface area (Å²) in [6, 6.07) is 6.24. The quantitative estimate of drug-likeness (QED) is 0.466. The van der Waals surface area contributed by atoms with Gasteiger partial charge in [-0.25, -0.2) is 9.38 Å². The average molecular weight is 360 g/mol. The molecular weight excluding hydrogens is 336 g/mol. The number of nitrogens with one attached hydrogen (secondary N) is 2. The standard InChI is InChI=1S/C17H24F4N4/c1-2-22-16(23-9-13-4-3-5-15(18)8-13)24-10-14-6-7-25(11-14)12-17(19,20)21/h3-5,8,14H,2,6-7,9-12H2,1H3,(H2,22,23,24). The topological polar surface area (TPSA) is 39.7 Å². The van der Waals surface area contributed by atoms with Crippen LogP contribution >= 0.6 is 0 Å². The minimum atomic E-state index is -4.15. The molecule has 1 atom stereocenters. The van der Waals surface area contributed by atoms with Crippen LogP contribution < -0.4 is 10.6 Å². The summed E-state index contributed by atoms with van der Waals surface area (Å²) in [5.41, 5.74) is 0.759. The molecule has 1 fully saturated rings. The highest BCUT2D eigenvalue weighted by atomic mass is 19.4. The molecule has 0 aliphatic carbocycles. The predicted octanol–water partition coefficient (Wildman–Crippen LogP) is 2.77. The fourth-order valence-electron chi connectivity index (χ4n) is 2.87. The average Bonchev–Trinajstić information content (AvgIpc) is 2.95. The third-order valence-electron chi connectivity index (χ3n) is 3.98. The molecule has 4 nitrogen and oxygen atoms in total. The smallest absolute Gasteiger partial charge is 0.357 e. The summed E-state index contributed by atoms with van der Waals surface area (Å²) in [7, 11) is 0. The van der Waals surface area contributed by atoms with Crippen molar-refractivity contribution in [1.29, 1.82) is 0 Å². The number of nitrogens with zero attached hydrogens (tertiary/aromatic N) is 2. The molecule has 1 aromatic rings. The second-order valence-corrected chi connectivity index (χ2v) is 6.21. The maximum atomic E-state index is 13.2. The Bertz CT molecular complexity index is 574. The van der Waals surface area contributed by atoms with Crippen LogP contribution in [0.25, 0.3) is 0 Å². The molecule has 0 aromatic heterocycles. The van der Waals surface area contributed by atoms with Gasteiger partial charge in [-0.2, -0.15) is 13.2 Å². The van der Waals surface area contributed by atoms with Crippen molar-refractivity contribution in [2.75, 3.05) is 32.7 Å². The Morgan fingerprint density at radius 2 is 2.12 bits per heavy atom. The van der Waals surface area contributed by atoms with Gasteiger partial charge in [0.05, 0.1) is 13.1 Å². The van der Waals surface area contributed by atoms with E-state index < -0.39 is 12.7 Å². The van der Waals surface area contributed by atoms with E-state index >= 15 is 0 Å². The SMILES string of the molecule is CCNC(=NCc1cccc(F)c1)NCC1CCN(CC(F)(F)F)C1. The molecule has 0 spiro atoms. The summed E-state index contributed by atoms with van der Waals surface area (Å²) < 4.78 is 50.5. The van der Waals surface area contributed by atoms with E-state index in [4.69, 9.17) is 0 Å². The molecule has 1 saturated heterocycles. The van der Waals surface area contributed by atoms with Crippen molar-refractivity contribution in [2.45, 2.75) is 26.1 Å². The number of rotatable bonds is 6. The highest BCUT2D eigenvalue weighted by molar-refractivity contribution is 5.79. The van der Waals surface area contributed by atoms with Crippen molar-refractivity contribution < 1.29 is 17.6 Å². The van der Waals surface area contributed by atoms with Crippen LogP contribution in [0.4, 0.5) is 17.6 Å². The molecule has 0 bridgehead atoms. The first kappa shape index (κ1) is 19.5.